The Morgan fingerprint density at radius 3 is 2.48 bits per heavy atom. The van der Waals surface area contributed by atoms with Crippen LogP contribution in [0.25, 0.3) is 0 Å². The molecule has 0 fully saturated rings. The van der Waals surface area contributed by atoms with E-state index in [0.717, 1.165) is 29.1 Å². The molecule has 0 saturated heterocycles. The fourth-order valence-corrected chi connectivity index (χ4v) is 4.03. The van der Waals surface area contributed by atoms with Gasteiger partial charge in [0.1, 0.15) is 0 Å². The summed E-state index contributed by atoms with van der Waals surface area (Å²) in [5, 5.41) is 14.0. The second kappa shape index (κ2) is 9.29. The van der Waals surface area contributed by atoms with Gasteiger partial charge in [0.2, 0.25) is 0 Å². The molecule has 0 amide bonds. The van der Waals surface area contributed by atoms with Gasteiger partial charge in [-0.15, -0.1) is 0 Å². The zero-order valence-electron chi connectivity index (χ0n) is 17.1. The minimum absolute atomic E-state index is 0.347. The van der Waals surface area contributed by atoms with Crippen LogP contribution in [0.3, 0.4) is 0 Å². The molecule has 0 unspecified atom stereocenters. The first-order valence-corrected chi connectivity index (χ1v) is 10.2. The van der Waals surface area contributed by atoms with Crippen LogP contribution in [0.15, 0.2) is 54.6 Å². The molecule has 0 aliphatic heterocycles. The number of benzene rings is 2. The lowest BCUT2D eigenvalue weighted by Gasteiger charge is -2.14. The van der Waals surface area contributed by atoms with Crippen molar-refractivity contribution in [2.45, 2.75) is 39.8 Å². The Labute approximate surface area is 177 Å². The second-order valence-electron chi connectivity index (χ2n) is 7.49. The van der Waals surface area contributed by atoms with Crippen LogP contribution in [0.1, 0.15) is 51.3 Å². The van der Waals surface area contributed by atoms with E-state index < -0.39 is 5.97 Å². The van der Waals surface area contributed by atoms with Gasteiger partial charge < -0.3 is 15.0 Å². The van der Waals surface area contributed by atoms with Crippen LogP contribution < -0.4 is 5.32 Å². The van der Waals surface area contributed by atoms with E-state index in [1.54, 1.807) is 0 Å². The molecule has 152 valence electrons. The Hall–Kier alpha value is -2.56. The largest absolute Gasteiger partial charge is 0.478 e. The van der Waals surface area contributed by atoms with Crippen LogP contribution in [0.2, 0.25) is 5.02 Å². The molecule has 2 aromatic carbocycles. The van der Waals surface area contributed by atoms with Crippen molar-refractivity contribution in [2.75, 3.05) is 6.54 Å². The average molecular weight is 411 g/mol. The number of nitrogens with zero attached hydrogens (tertiary/aromatic N) is 1. The van der Waals surface area contributed by atoms with Gasteiger partial charge in [-0.25, -0.2) is 4.79 Å². The van der Waals surface area contributed by atoms with Crippen molar-refractivity contribution < 1.29 is 9.90 Å². The maximum atomic E-state index is 12.0. The summed E-state index contributed by atoms with van der Waals surface area (Å²) in [5.41, 5.74) is 5.29. The van der Waals surface area contributed by atoms with Crippen LogP contribution in [-0.2, 0) is 13.1 Å². The van der Waals surface area contributed by atoms with E-state index in [1.807, 2.05) is 56.3 Å². The van der Waals surface area contributed by atoms with Crippen LogP contribution >= 0.6 is 11.6 Å². The zero-order valence-corrected chi connectivity index (χ0v) is 17.8. The minimum atomic E-state index is -0.886. The van der Waals surface area contributed by atoms with Gasteiger partial charge in [0.15, 0.2) is 0 Å². The molecule has 1 aromatic heterocycles. The van der Waals surface area contributed by atoms with Gasteiger partial charge in [0.05, 0.1) is 5.56 Å². The van der Waals surface area contributed by atoms with E-state index in [-0.39, 0.29) is 0 Å². The number of hydrogen-bond acceptors (Lipinski definition) is 2. The summed E-state index contributed by atoms with van der Waals surface area (Å²) in [6, 6.07) is 18.0. The molecular formula is C24H27ClN2O2. The summed E-state index contributed by atoms with van der Waals surface area (Å²) in [6.45, 7) is 7.93. The van der Waals surface area contributed by atoms with Gasteiger partial charge in [0.25, 0.3) is 0 Å². The molecule has 0 bridgehead atoms. The normalized spacial score (nSPS) is 12.1. The van der Waals surface area contributed by atoms with E-state index in [2.05, 4.69) is 28.9 Å². The Morgan fingerprint density at radius 2 is 1.83 bits per heavy atom. The number of carbonyl (C=O) groups is 1. The van der Waals surface area contributed by atoms with Gasteiger partial charge in [-0.3, -0.25) is 0 Å². The first-order chi connectivity index (χ1) is 13.9. The number of aromatic nitrogens is 1. The molecule has 0 saturated carbocycles. The van der Waals surface area contributed by atoms with E-state index >= 15 is 0 Å². The first kappa shape index (κ1) is 21.2. The Kier molecular flexibility index (Phi) is 6.78. The smallest absolute Gasteiger partial charge is 0.337 e. The van der Waals surface area contributed by atoms with Crippen LogP contribution in [-0.4, -0.2) is 22.2 Å². The predicted molar refractivity (Wildman–Crippen MR) is 118 cm³/mol. The van der Waals surface area contributed by atoms with Gasteiger partial charge in [-0.1, -0.05) is 61.0 Å². The van der Waals surface area contributed by atoms with Crippen LogP contribution in [0, 0.1) is 13.8 Å². The summed E-state index contributed by atoms with van der Waals surface area (Å²) >= 11 is 6.11. The highest BCUT2D eigenvalue weighted by Crippen LogP contribution is 2.25. The number of halogens is 1. The lowest BCUT2D eigenvalue weighted by molar-refractivity contribution is 0.0694. The highest BCUT2D eigenvalue weighted by Gasteiger charge is 2.22. The number of aromatic carboxylic acids is 1. The van der Waals surface area contributed by atoms with E-state index in [4.69, 9.17) is 11.6 Å². The molecule has 5 heteroatoms. The molecule has 1 atom stereocenters. The molecule has 3 rings (SSSR count). The monoisotopic (exact) mass is 410 g/mol. The molecule has 0 radical (unpaired) electrons. The summed E-state index contributed by atoms with van der Waals surface area (Å²) in [5.74, 6) is -0.539. The SMILES string of the molecule is Cc1c(CNC[C@@H](C)c2ccccc2)c(C(=O)O)c(C)n1Cc1cccc(Cl)c1. The third-order valence-electron chi connectivity index (χ3n) is 5.47. The van der Waals surface area contributed by atoms with Crippen molar-refractivity contribution in [3.63, 3.8) is 0 Å². The third kappa shape index (κ3) is 4.89. The van der Waals surface area contributed by atoms with Gasteiger partial charge in [0, 0.05) is 41.6 Å². The standard InChI is InChI=1S/C24H27ClN2O2/c1-16(20-9-5-4-6-10-20)13-26-14-22-17(2)27(18(3)23(22)24(28)29)15-19-8-7-11-21(25)12-19/h4-12,16,26H,13-15H2,1-3H3,(H,28,29)/t16-/m1/s1. The molecule has 0 aliphatic carbocycles. The van der Waals surface area contributed by atoms with Crippen molar-refractivity contribution >= 4 is 17.6 Å². The molecule has 0 aliphatic rings. The van der Waals surface area contributed by atoms with Crippen molar-refractivity contribution in [2.24, 2.45) is 0 Å². The summed E-state index contributed by atoms with van der Waals surface area (Å²) in [4.78, 5) is 12.0. The van der Waals surface area contributed by atoms with Gasteiger partial charge >= 0.3 is 5.97 Å². The zero-order chi connectivity index (χ0) is 21.0. The third-order valence-corrected chi connectivity index (χ3v) is 5.71. The fraction of sp³-hybridized carbons (Fsp3) is 0.292. The van der Waals surface area contributed by atoms with Crippen molar-refractivity contribution in [1.82, 2.24) is 9.88 Å². The minimum Gasteiger partial charge on any atom is -0.478 e. The van der Waals surface area contributed by atoms with Crippen LogP contribution in [0.5, 0.6) is 0 Å². The fourth-order valence-electron chi connectivity index (χ4n) is 3.82. The molecule has 0 spiro atoms. The molecule has 3 aromatic rings. The van der Waals surface area contributed by atoms with Crippen LogP contribution in [0.4, 0.5) is 0 Å². The Balaban J connectivity index is 1.79. The Bertz CT molecular complexity index is 996. The highest BCUT2D eigenvalue weighted by molar-refractivity contribution is 6.30. The summed E-state index contributed by atoms with van der Waals surface area (Å²) in [6.07, 6.45) is 0. The molecule has 2 N–H and O–H groups in total. The van der Waals surface area contributed by atoms with Gasteiger partial charge in [-0.05, 0) is 43.0 Å². The van der Waals surface area contributed by atoms with E-state index in [0.29, 0.717) is 29.6 Å². The maximum absolute atomic E-state index is 12.0. The number of rotatable bonds is 8. The Morgan fingerprint density at radius 1 is 1.10 bits per heavy atom. The average Bonchev–Trinajstić information content (AvgIpc) is 2.93. The van der Waals surface area contributed by atoms with E-state index in [9.17, 15) is 9.90 Å². The summed E-state index contributed by atoms with van der Waals surface area (Å²) < 4.78 is 2.06. The number of carboxylic acids is 1. The number of carboxylic acid groups (broad SMARTS) is 1. The molecule has 29 heavy (non-hydrogen) atoms. The second-order valence-corrected chi connectivity index (χ2v) is 7.92. The van der Waals surface area contributed by atoms with Gasteiger partial charge in [-0.2, -0.15) is 0 Å². The van der Waals surface area contributed by atoms with Crippen molar-refractivity contribution in [3.8, 4) is 0 Å². The molecule has 4 nitrogen and oxygen atoms in total. The van der Waals surface area contributed by atoms with Crippen molar-refractivity contribution in [1.29, 1.82) is 0 Å². The lowest BCUT2D eigenvalue weighted by atomic mass is 10.0. The van der Waals surface area contributed by atoms with Crippen molar-refractivity contribution in [3.05, 3.63) is 93.3 Å². The maximum Gasteiger partial charge on any atom is 0.337 e. The first-order valence-electron chi connectivity index (χ1n) is 9.80. The van der Waals surface area contributed by atoms with E-state index in [1.165, 1.54) is 5.56 Å². The lowest BCUT2D eigenvalue weighted by Crippen LogP contribution is -2.21. The number of hydrogen-bond donors (Lipinski definition) is 2. The highest BCUT2D eigenvalue weighted by atomic mass is 35.5. The predicted octanol–water partition coefficient (Wildman–Crippen LogP) is 5.40. The molecule has 1 heterocycles. The quantitative estimate of drug-likeness (QED) is 0.522. The topological polar surface area (TPSA) is 54.3 Å². The molecular weight excluding hydrogens is 384 g/mol. The summed E-state index contributed by atoms with van der Waals surface area (Å²) in [7, 11) is 0. The number of nitrogens with one attached hydrogen (secondary N) is 1.